The Morgan fingerprint density at radius 1 is 1.24 bits per heavy atom. The molecule has 0 spiro atoms. The maximum atomic E-state index is 13.6. The zero-order chi connectivity index (χ0) is 23.4. The number of thioether (sulfide) groups is 1. The van der Waals surface area contributed by atoms with Crippen molar-refractivity contribution in [3.63, 3.8) is 0 Å². The standard InChI is InChI=1S/C25H28BrN3O3S/c1-16-7-5-6-10-20(16)29-24(31)22(33-25(29)28-18-8-3-2-4-9-18)14-17-11-12-21(19(26)13-17)32-15-23(27)30/h2-4,8-9,11-14,16,20,25,28H,5-7,10,15H2,1H3,(H2,27,30)/b22-14-/t16-,20+,25?/m1/s1. The van der Waals surface area contributed by atoms with Crippen molar-refractivity contribution in [3.8, 4) is 5.75 Å². The minimum Gasteiger partial charge on any atom is -0.483 e. The molecule has 1 aliphatic heterocycles. The van der Waals surface area contributed by atoms with Crippen LogP contribution >= 0.6 is 27.7 Å². The molecule has 0 bridgehead atoms. The number of rotatable bonds is 7. The van der Waals surface area contributed by atoms with E-state index in [1.807, 2.05) is 53.4 Å². The van der Waals surface area contributed by atoms with E-state index in [-0.39, 0.29) is 24.1 Å². The predicted molar refractivity (Wildman–Crippen MR) is 137 cm³/mol. The van der Waals surface area contributed by atoms with Gasteiger partial charge in [-0.15, -0.1) is 0 Å². The number of halogens is 1. The second-order valence-electron chi connectivity index (χ2n) is 8.48. The molecule has 1 saturated heterocycles. The van der Waals surface area contributed by atoms with Crippen LogP contribution in [0.15, 0.2) is 57.9 Å². The normalized spacial score (nSPS) is 24.2. The minimum absolute atomic E-state index is 0.0670. The molecule has 2 aliphatic rings. The van der Waals surface area contributed by atoms with Gasteiger partial charge in [0.15, 0.2) is 12.1 Å². The average molecular weight is 530 g/mol. The Bertz CT molecular complexity index is 1050. The fourth-order valence-electron chi connectivity index (χ4n) is 4.39. The molecule has 0 aromatic heterocycles. The number of carbonyl (C=O) groups is 2. The first-order chi connectivity index (χ1) is 15.9. The van der Waals surface area contributed by atoms with Gasteiger partial charge in [0.2, 0.25) is 0 Å². The third-order valence-corrected chi connectivity index (χ3v) is 7.78. The molecule has 174 valence electrons. The Morgan fingerprint density at radius 2 is 2.00 bits per heavy atom. The molecular formula is C25H28BrN3O3S. The molecule has 1 heterocycles. The van der Waals surface area contributed by atoms with E-state index in [2.05, 4.69) is 28.2 Å². The van der Waals surface area contributed by atoms with Crippen LogP contribution in [0.4, 0.5) is 5.69 Å². The number of ether oxygens (including phenoxy) is 1. The zero-order valence-corrected chi connectivity index (χ0v) is 20.9. The largest absolute Gasteiger partial charge is 0.483 e. The number of primary amides is 1. The Labute approximate surface area is 207 Å². The summed E-state index contributed by atoms with van der Waals surface area (Å²) in [6.07, 6.45) is 6.48. The number of para-hydroxylation sites is 1. The maximum absolute atomic E-state index is 13.6. The van der Waals surface area contributed by atoms with E-state index in [9.17, 15) is 9.59 Å². The van der Waals surface area contributed by atoms with Crippen LogP contribution in [0, 0.1) is 5.92 Å². The Balaban J connectivity index is 1.59. The highest BCUT2D eigenvalue weighted by Gasteiger charge is 2.42. The summed E-state index contributed by atoms with van der Waals surface area (Å²) in [5.41, 5.74) is 6.88. The highest BCUT2D eigenvalue weighted by Crippen LogP contribution is 2.42. The summed E-state index contributed by atoms with van der Waals surface area (Å²) in [7, 11) is 0. The van der Waals surface area contributed by atoms with Crippen molar-refractivity contribution in [3.05, 3.63) is 63.5 Å². The summed E-state index contributed by atoms with van der Waals surface area (Å²) in [6, 6.07) is 15.8. The molecule has 2 aromatic carbocycles. The number of nitrogens with two attached hydrogens (primary N) is 1. The number of anilines is 1. The number of hydrogen-bond acceptors (Lipinski definition) is 5. The van der Waals surface area contributed by atoms with Gasteiger partial charge in [0.25, 0.3) is 11.8 Å². The van der Waals surface area contributed by atoms with E-state index in [1.54, 1.807) is 17.8 Å². The van der Waals surface area contributed by atoms with Gasteiger partial charge in [0.1, 0.15) is 5.75 Å². The van der Waals surface area contributed by atoms with E-state index in [4.69, 9.17) is 10.5 Å². The topological polar surface area (TPSA) is 84.7 Å². The van der Waals surface area contributed by atoms with Crippen molar-refractivity contribution < 1.29 is 14.3 Å². The lowest BCUT2D eigenvalue weighted by molar-refractivity contribution is -0.129. The Kier molecular flexibility index (Phi) is 7.65. The second-order valence-corrected chi connectivity index (χ2v) is 10.5. The van der Waals surface area contributed by atoms with Gasteiger partial charge in [-0.2, -0.15) is 0 Å². The van der Waals surface area contributed by atoms with Crippen LogP contribution in [0.1, 0.15) is 38.2 Å². The van der Waals surface area contributed by atoms with Gasteiger partial charge < -0.3 is 20.7 Å². The molecule has 33 heavy (non-hydrogen) atoms. The van der Waals surface area contributed by atoms with Crippen molar-refractivity contribution in [1.82, 2.24) is 4.90 Å². The number of carbonyl (C=O) groups excluding carboxylic acids is 2. The van der Waals surface area contributed by atoms with Crippen molar-refractivity contribution in [1.29, 1.82) is 0 Å². The van der Waals surface area contributed by atoms with Gasteiger partial charge in [-0.3, -0.25) is 9.59 Å². The number of amides is 2. The third kappa shape index (κ3) is 5.73. The molecule has 2 fully saturated rings. The van der Waals surface area contributed by atoms with Crippen molar-refractivity contribution in [2.75, 3.05) is 11.9 Å². The van der Waals surface area contributed by atoms with Crippen LogP contribution in [-0.4, -0.2) is 34.9 Å². The minimum atomic E-state index is -0.532. The molecule has 0 radical (unpaired) electrons. The molecular weight excluding hydrogens is 502 g/mol. The zero-order valence-electron chi connectivity index (χ0n) is 18.5. The second kappa shape index (κ2) is 10.7. The van der Waals surface area contributed by atoms with E-state index in [1.165, 1.54) is 6.42 Å². The number of benzene rings is 2. The molecule has 8 heteroatoms. The van der Waals surface area contributed by atoms with Crippen LogP contribution in [0.25, 0.3) is 6.08 Å². The van der Waals surface area contributed by atoms with Crippen molar-refractivity contribution in [2.24, 2.45) is 11.7 Å². The first-order valence-corrected chi connectivity index (χ1v) is 12.8. The molecule has 1 aliphatic carbocycles. The van der Waals surface area contributed by atoms with Crippen LogP contribution in [0.2, 0.25) is 0 Å². The predicted octanol–water partition coefficient (Wildman–Crippen LogP) is 5.20. The third-order valence-electron chi connectivity index (χ3n) is 6.05. The number of hydrogen-bond donors (Lipinski definition) is 2. The van der Waals surface area contributed by atoms with Crippen LogP contribution in [0.3, 0.4) is 0 Å². The van der Waals surface area contributed by atoms with Crippen molar-refractivity contribution >= 4 is 51.3 Å². The molecule has 3 N–H and O–H groups in total. The van der Waals surface area contributed by atoms with Gasteiger partial charge in [0, 0.05) is 11.7 Å². The van der Waals surface area contributed by atoms with Gasteiger partial charge >= 0.3 is 0 Å². The molecule has 4 rings (SSSR count). The number of nitrogens with zero attached hydrogens (tertiary/aromatic N) is 1. The van der Waals surface area contributed by atoms with Gasteiger partial charge in [-0.05, 0) is 70.6 Å². The summed E-state index contributed by atoms with van der Waals surface area (Å²) in [5.74, 6) is 0.536. The van der Waals surface area contributed by atoms with E-state index < -0.39 is 5.91 Å². The Hall–Kier alpha value is -2.45. The monoisotopic (exact) mass is 529 g/mol. The smallest absolute Gasteiger partial charge is 0.262 e. The highest BCUT2D eigenvalue weighted by molar-refractivity contribution is 9.10. The number of nitrogens with one attached hydrogen (secondary N) is 1. The van der Waals surface area contributed by atoms with Crippen LogP contribution in [-0.2, 0) is 9.59 Å². The summed E-state index contributed by atoms with van der Waals surface area (Å²) in [6.45, 7) is 2.07. The molecule has 2 amide bonds. The SMILES string of the molecule is C[C@@H]1CCCC[C@@H]1N1C(=O)/C(=C/c2ccc(OCC(N)=O)c(Br)c2)SC1Nc1ccccc1. The fourth-order valence-corrected chi connectivity index (χ4v) is 6.11. The molecule has 3 atom stereocenters. The highest BCUT2D eigenvalue weighted by atomic mass is 79.9. The van der Waals surface area contributed by atoms with E-state index in [0.717, 1.165) is 30.5 Å². The summed E-state index contributed by atoms with van der Waals surface area (Å²) >= 11 is 5.03. The van der Waals surface area contributed by atoms with Crippen LogP contribution < -0.4 is 15.8 Å². The maximum Gasteiger partial charge on any atom is 0.262 e. The van der Waals surface area contributed by atoms with Gasteiger partial charge in [-0.25, -0.2) is 0 Å². The lowest BCUT2D eigenvalue weighted by Crippen LogP contribution is -2.48. The molecule has 6 nitrogen and oxygen atoms in total. The first kappa shape index (κ1) is 23.7. The average Bonchev–Trinajstić information content (AvgIpc) is 3.08. The van der Waals surface area contributed by atoms with E-state index in [0.29, 0.717) is 21.0 Å². The van der Waals surface area contributed by atoms with Gasteiger partial charge in [0.05, 0.1) is 9.38 Å². The summed E-state index contributed by atoms with van der Waals surface area (Å²) in [4.78, 5) is 27.3. The molecule has 1 saturated carbocycles. The fraction of sp³-hybridized carbons (Fsp3) is 0.360. The molecule has 2 aromatic rings. The molecule has 1 unspecified atom stereocenters. The van der Waals surface area contributed by atoms with E-state index >= 15 is 0 Å². The van der Waals surface area contributed by atoms with Crippen LogP contribution in [0.5, 0.6) is 5.75 Å². The lowest BCUT2D eigenvalue weighted by Gasteiger charge is -2.39. The summed E-state index contributed by atoms with van der Waals surface area (Å²) < 4.78 is 6.10. The quantitative estimate of drug-likeness (QED) is 0.481. The summed E-state index contributed by atoms with van der Waals surface area (Å²) in [5, 5.41) is 3.56. The Morgan fingerprint density at radius 3 is 2.70 bits per heavy atom. The van der Waals surface area contributed by atoms with Crippen molar-refractivity contribution in [2.45, 2.75) is 44.1 Å². The first-order valence-electron chi connectivity index (χ1n) is 11.2. The van der Waals surface area contributed by atoms with Gasteiger partial charge in [-0.1, -0.05) is 55.8 Å². The lowest BCUT2D eigenvalue weighted by atomic mass is 9.85.